The van der Waals surface area contributed by atoms with Gasteiger partial charge in [0.25, 0.3) is 0 Å². The first-order valence-corrected chi connectivity index (χ1v) is 44.9. The number of nitrogens with zero attached hydrogens (tertiary/aromatic N) is 11. The fourth-order valence-electron chi connectivity index (χ4n) is 16.3. The van der Waals surface area contributed by atoms with Crippen LogP contribution in [-0.2, 0) is 71.5 Å². The predicted molar refractivity (Wildman–Crippen MR) is 551 cm³/mol. The number of aliphatic hydroxyl groups excluding tert-OH is 1. The number of aromatic nitrogens is 2. The first kappa shape index (κ1) is 102. The number of aliphatic imine (C=N–C) groups is 1. The number of para-hydroxylation sites is 5. The monoisotopic (exact) mass is 2370 g/mol. The molecule has 5 aliphatic heterocycles. The van der Waals surface area contributed by atoms with Crippen LogP contribution in [0.15, 0.2) is 421 Å². The molecule has 18 aromatic rings. The van der Waals surface area contributed by atoms with Gasteiger partial charge in [-0.05, 0) is 178 Å². The van der Waals surface area contributed by atoms with E-state index in [4.69, 9.17) is 24.7 Å². The van der Waals surface area contributed by atoms with Crippen LogP contribution >= 0.6 is 0 Å². The number of anilines is 4. The molecular formula is C118H101F2Ir3N12O4-9. The number of hydrogen-bond donors (Lipinski definition) is 1. The van der Waals surface area contributed by atoms with Gasteiger partial charge in [-0.25, -0.2) is 0 Å². The predicted octanol–water partition coefficient (Wildman–Crippen LogP) is 28.2. The smallest absolute Gasteiger partial charge is 0.159 e. The number of hydrogen-bond acceptors (Lipinski definition) is 15. The molecule has 0 bridgehead atoms. The van der Waals surface area contributed by atoms with E-state index in [1.807, 2.05) is 243 Å². The van der Waals surface area contributed by atoms with Gasteiger partial charge in [0.2, 0.25) is 0 Å². The van der Waals surface area contributed by atoms with Gasteiger partial charge in [-0.15, -0.1) is 59.4 Å². The summed E-state index contributed by atoms with van der Waals surface area (Å²) in [6.07, 6.45) is 19.6. The fourth-order valence-corrected chi connectivity index (χ4v) is 16.3. The molecule has 4 aromatic heterocycles. The summed E-state index contributed by atoms with van der Waals surface area (Å²) in [5, 5.41) is 16.0. The van der Waals surface area contributed by atoms with E-state index in [9.17, 15) is 13.6 Å². The summed E-state index contributed by atoms with van der Waals surface area (Å²) in [6.45, 7) is 17.0. The van der Waals surface area contributed by atoms with Crippen LogP contribution in [0.25, 0.3) is 116 Å². The molecule has 5 aliphatic rings. The molecule has 21 heteroatoms. The molecule has 2 N–H and O–H groups in total. The molecule has 0 saturated carbocycles. The van der Waals surface area contributed by atoms with Gasteiger partial charge in [-0.1, -0.05) is 236 Å². The average Bonchev–Trinajstić information content (AvgIpc) is 1.60. The third-order valence-corrected chi connectivity index (χ3v) is 22.6. The van der Waals surface area contributed by atoms with Gasteiger partial charge < -0.3 is 63.9 Å². The molecule has 1 unspecified atom stereocenters. The van der Waals surface area contributed by atoms with E-state index in [-0.39, 0.29) is 77.4 Å². The average molecular weight is 2370 g/mol. The number of likely N-dealkylation sites (N-methyl/N-ethyl adjacent to an activating group) is 1. The molecule has 0 aliphatic carbocycles. The first-order valence-electron chi connectivity index (χ1n) is 44.9. The third kappa shape index (κ3) is 26.7. The molecule has 0 amide bonds. The van der Waals surface area contributed by atoms with Crippen molar-refractivity contribution in [1.82, 2.24) is 29.6 Å². The summed E-state index contributed by atoms with van der Waals surface area (Å²) in [5.41, 5.74) is 27.5. The van der Waals surface area contributed by atoms with Crippen LogP contribution in [0.4, 0.5) is 37.2 Å². The number of ketones is 1. The third-order valence-electron chi connectivity index (χ3n) is 22.6. The molecule has 23 rings (SSSR count). The maximum atomic E-state index is 13.8. The maximum Gasteiger partial charge on any atom is 0.159 e. The van der Waals surface area contributed by atoms with Gasteiger partial charge in [-0.3, -0.25) is 23.6 Å². The van der Waals surface area contributed by atoms with Crippen molar-refractivity contribution in [1.29, 1.82) is 0 Å². The topological polar surface area (TPSA) is 151 Å². The fraction of sp³-hybridized carbons (Fsp3) is 0.110. The first-order chi connectivity index (χ1) is 66.5. The minimum absolute atomic E-state index is 0. The van der Waals surface area contributed by atoms with E-state index in [0.717, 1.165) is 146 Å². The molecule has 707 valence electrons. The van der Waals surface area contributed by atoms with Crippen LogP contribution in [0.5, 0.6) is 0 Å². The number of pyridine rings is 2. The second-order valence-corrected chi connectivity index (χ2v) is 32.7. The van der Waals surface area contributed by atoms with E-state index < -0.39 is 11.6 Å². The number of aliphatic hydroxyl groups is 1. The molecule has 3 radical (unpaired) electrons. The SMILES string of the molecule is CC(=O)C=C(C)O.CC([NH-])=CC(C)=Nc1ccccc1.CN1C=CN(c2[c-]ccc3c2oc2ccccc23)[CH-]1.CN1C=CN2c3c(ccc4c3oc3ccccc34)CC12.Fc1c[c-]c(-c2nccc3ccccc23)c(F)c1.[Ir].[Ir].[Ir].[c-]1ccccc1-c1cc(-c2ccccc2)c2cc(-c3ccccc3)ccc2n1.[c-]1ccccc1N1C=CN(CCCN2[CH-]N(c3[c-]cccc3)CC2)[CH-]1.c1ccccc1. The Balaban J connectivity index is 0.000000138. The number of furan rings is 2. The Kier molecular flexibility index (Phi) is 36.7. The molecule has 9 heterocycles. The zero-order valence-electron chi connectivity index (χ0n) is 77.4. The van der Waals surface area contributed by atoms with Crippen LogP contribution in [0.1, 0.15) is 39.7 Å². The Labute approximate surface area is 852 Å². The summed E-state index contributed by atoms with van der Waals surface area (Å²) in [7, 11) is 4.12. The van der Waals surface area contributed by atoms with Crippen LogP contribution in [0, 0.1) is 62.0 Å². The standard InChI is InChI=1S/C27H18N.C21H22N4.C17H14N2O.C16H12N2O.C15H8F2N.C11H13N2.C6H6.C5H8O2.3Ir/c1-4-10-20(11-5-1)23-16-17-26-25(18-23)24(21-12-6-2-7-13-21)19-27(28-26)22-14-8-3-9-15-22;1-3-8-20(9-4-1)24-16-14-22(18-24)12-7-13-23-15-17-25(19-23)21-10-5-2-6-11-21;1-18-8-9-19-15(18)10-11-6-7-13-12-4-2-3-5-14(12)20-17(13)16(11)19;1-17-9-10-18(11-17)14-7-4-6-13-12-5-2-3-8-15(12)19-16(13)14;16-11-5-6-13(14(17)9-11)15-12-4-2-1-3-10(12)7-8-18-15;1-9(12)8-10(2)13-11-6-4-3-5-7-11;1-2-4-6-5-3-1;1-4(6)3-5(2)7;;;/h1-14,16-19H;1-6,8,10,14,16,18-19H,7,12-13,15,17H2;2-9,15H,10H2,1H3;2-6,8-11H,1H3;1-5,7-9H;3-8,12H,1-2H3;1-6H;3,6H,1-2H3;;;/q-1;-4;;-2;2*-1;;;;;. The molecule has 1 fully saturated rings. The summed E-state index contributed by atoms with van der Waals surface area (Å²) < 4.78 is 38.8. The van der Waals surface area contributed by atoms with Crippen molar-refractivity contribution in [3.05, 3.63) is 480 Å². The van der Waals surface area contributed by atoms with Crippen LogP contribution in [0.3, 0.4) is 0 Å². The number of allylic oxidation sites excluding steroid dienone is 4. The van der Waals surface area contributed by atoms with E-state index in [2.05, 4.69) is 242 Å². The number of benzene rings is 14. The van der Waals surface area contributed by atoms with Crippen molar-refractivity contribution in [2.45, 2.75) is 46.7 Å². The van der Waals surface area contributed by atoms with Crippen LogP contribution < -0.4 is 19.6 Å². The van der Waals surface area contributed by atoms with Crippen LogP contribution in [0.2, 0.25) is 0 Å². The van der Waals surface area contributed by atoms with Gasteiger partial charge in [-0.2, -0.15) is 105 Å². The second-order valence-electron chi connectivity index (χ2n) is 32.7. The zero-order chi connectivity index (χ0) is 94.1. The van der Waals surface area contributed by atoms with Gasteiger partial charge in [0, 0.05) is 143 Å². The van der Waals surface area contributed by atoms with Crippen molar-refractivity contribution in [2.24, 2.45) is 4.99 Å². The normalized spacial score (nSPS) is 13.9. The van der Waals surface area contributed by atoms with Crippen molar-refractivity contribution in [3.63, 3.8) is 0 Å². The van der Waals surface area contributed by atoms with Crippen molar-refractivity contribution >= 4 is 105 Å². The molecule has 16 nitrogen and oxygen atoms in total. The second kappa shape index (κ2) is 50.0. The summed E-state index contributed by atoms with van der Waals surface area (Å²) in [6, 6.07) is 127. The molecule has 139 heavy (non-hydrogen) atoms. The minimum Gasteiger partial charge on any atom is -0.702 e. The number of fused-ring (bicyclic) bond motifs is 12. The van der Waals surface area contributed by atoms with Gasteiger partial charge in [0.1, 0.15) is 17.3 Å². The molecule has 0 spiro atoms. The van der Waals surface area contributed by atoms with Crippen LogP contribution in [-0.4, -0.2) is 92.6 Å². The van der Waals surface area contributed by atoms with Gasteiger partial charge >= 0.3 is 0 Å². The Morgan fingerprint density at radius 1 is 0.525 bits per heavy atom. The largest absolute Gasteiger partial charge is 0.702 e. The Morgan fingerprint density at radius 2 is 1.14 bits per heavy atom. The van der Waals surface area contributed by atoms with Crippen molar-refractivity contribution in [2.75, 3.05) is 59.9 Å². The van der Waals surface area contributed by atoms with Gasteiger partial charge in [0.05, 0.1) is 22.7 Å². The molecule has 14 aromatic carbocycles. The van der Waals surface area contributed by atoms with E-state index in [1.165, 1.54) is 64.2 Å². The molecule has 1 atom stereocenters. The Morgan fingerprint density at radius 3 is 1.77 bits per heavy atom. The molecular weight excluding hydrogens is 2260 g/mol. The Bertz CT molecular complexity index is 7220. The van der Waals surface area contributed by atoms with Crippen molar-refractivity contribution in [3.8, 4) is 44.8 Å². The number of rotatable bonds is 14. The molecule has 1 saturated heterocycles. The quantitative estimate of drug-likeness (QED) is 0.0476. The number of carbonyl (C=O) groups excluding carboxylic acids is 1. The summed E-state index contributed by atoms with van der Waals surface area (Å²) in [4.78, 5) is 41.1. The maximum absolute atomic E-state index is 13.8. The summed E-state index contributed by atoms with van der Waals surface area (Å²) in [5.74, 6) is -1.36. The van der Waals surface area contributed by atoms with E-state index in [1.54, 1.807) is 19.2 Å². The van der Waals surface area contributed by atoms with E-state index >= 15 is 0 Å². The number of halogens is 2. The van der Waals surface area contributed by atoms with Crippen molar-refractivity contribution < 1.29 is 87.8 Å². The number of nitrogens with one attached hydrogen (secondary N) is 1. The minimum atomic E-state index is -0.654. The van der Waals surface area contributed by atoms with E-state index in [0.29, 0.717) is 17.6 Å². The summed E-state index contributed by atoms with van der Waals surface area (Å²) >= 11 is 0. The zero-order valence-corrected chi connectivity index (χ0v) is 84.6. The van der Waals surface area contributed by atoms with Gasteiger partial charge in [0.15, 0.2) is 11.4 Å². The Hall–Kier alpha value is -14.5. The number of carbonyl (C=O) groups is 1.